The molecule has 0 bridgehead atoms. The van der Waals surface area contributed by atoms with E-state index < -0.39 is 0 Å². The monoisotopic (exact) mass is 218 g/mol. The lowest BCUT2D eigenvalue weighted by molar-refractivity contribution is 1.25. The first-order valence-electron chi connectivity index (χ1n) is 5.88. The Balaban J connectivity index is 1.93. The van der Waals surface area contributed by atoms with E-state index in [1.807, 2.05) is 6.07 Å². The lowest BCUT2D eigenvalue weighted by Gasteiger charge is -2.06. The number of hydrogen-bond donors (Lipinski definition) is 0. The fraction of sp³-hybridized carbons (Fsp3) is 0.0588. The number of hydrogen-bond acceptors (Lipinski definition) is 0. The molecule has 0 N–H and O–H groups in total. The molecule has 2 aromatic carbocycles. The summed E-state index contributed by atoms with van der Waals surface area (Å²) in [6, 6.07) is 18.9. The molecule has 0 nitrogen and oxygen atoms in total. The maximum absolute atomic E-state index is 4.22. The van der Waals surface area contributed by atoms with E-state index in [1.54, 1.807) is 0 Å². The summed E-state index contributed by atoms with van der Waals surface area (Å²) in [5, 5.41) is 0. The summed E-state index contributed by atoms with van der Waals surface area (Å²) in [4.78, 5) is 0. The van der Waals surface area contributed by atoms with Crippen LogP contribution in [0.15, 0.2) is 66.7 Å². The molecule has 0 atom stereocenters. The van der Waals surface area contributed by atoms with Gasteiger partial charge in [0.1, 0.15) is 0 Å². The average Bonchev–Trinajstić information content (AvgIpc) is 2.82. The van der Waals surface area contributed by atoms with Gasteiger partial charge in [0.15, 0.2) is 0 Å². The standard InChI is InChI=1S/C17H14/c1-13(14-7-3-2-4-8-14)17-11-15-9-5-6-10-16(15)12-17/h2-11H,1,12H2. The van der Waals surface area contributed by atoms with E-state index in [1.165, 1.54) is 22.3 Å². The first kappa shape index (κ1) is 10.1. The minimum atomic E-state index is 1.00. The predicted molar refractivity (Wildman–Crippen MR) is 73.6 cm³/mol. The quantitative estimate of drug-likeness (QED) is 0.703. The SMILES string of the molecule is C=C(C1=Cc2ccccc2C1)c1ccccc1. The molecule has 3 rings (SSSR count). The van der Waals surface area contributed by atoms with Gasteiger partial charge in [-0.2, -0.15) is 0 Å². The van der Waals surface area contributed by atoms with Gasteiger partial charge in [-0.3, -0.25) is 0 Å². The molecule has 0 heteroatoms. The second-order valence-electron chi connectivity index (χ2n) is 4.39. The zero-order chi connectivity index (χ0) is 11.7. The summed E-state index contributed by atoms with van der Waals surface area (Å²) in [6.07, 6.45) is 3.26. The van der Waals surface area contributed by atoms with Crippen molar-refractivity contribution in [3.05, 3.63) is 83.4 Å². The van der Waals surface area contributed by atoms with Gasteiger partial charge in [0, 0.05) is 0 Å². The lowest BCUT2D eigenvalue weighted by Crippen LogP contribution is -1.88. The van der Waals surface area contributed by atoms with Gasteiger partial charge in [-0.25, -0.2) is 0 Å². The highest BCUT2D eigenvalue weighted by molar-refractivity contribution is 5.86. The molecule has 0 aromatic heterocycles. The topological polar surface area (TPSA) is 0 Å². The normalized spacial score (nSPS) is 13.1. The van der Waals surface area contributed by atoms with Crippen LogP contribution in [0.2, 0.25) is 0 Å². The summed E-state index contributed by atoms with van der Waals surface area (Å²) in [5.41, 5.74) is 6.42. The molecule has 0 aliphatic heterocycles. The van der Waals surface area contributed by atoms with Crippen LogP contribution in [0.25, 0.3) is 11.6 Å². The molecule has 1 aliphatic carbocycles. The van der Waals surface area contributed by atoms with Crippen molar-refractivity contribution in [1.82, 2.24) is 0 Å². The van der Waals surface area contributed by atoms with Crippen molar-refractivity contribution in [3.63, 3.8) is 0 Å². The average molecular weight is 218 g/mol. The number of allylic oxidation sites excluding steroid dienone is 2. The molecule has 17 heavy (non-hydrogen) atoms. The number of benzene rings is 2. The third kappa shape index (κ3) is 1.83. The summed E-state index contributed by atoms with van der Waals surface area (Å²) in [5.74, 6) is 0. The molecular weight excluding hydrogens is 204 g/mol. The second kappa shape index (κ2) is 4.06. The highest BCUT2D eigenvalue weighted by Gasteiger charge is 2.14. The third-order valence-electron chi connectivity index (χ3n) is 3.28. The molecule has 0 amide bonds. The molecule has 0 heterocycles. The number of rotatable bonds is 2. The van der Waals surface area contributed by atoms with Crippen LogP contribution in [0.4, 0.5) is 0 Å². The largest absolute Gasteiger partial charge is 0.0909 e. The molecular formula is C17H14. The fourth-order valence-corrected chi connectivity index (χ4v) is 2.30. The van der Waals surface area contributed by atoms with Crippen LogP contribution in [-0.2, 0) is 6.42 Å². The Morgan fingerprint density at radius 1 is 0.882 bits per heavy atom. The van der Waals surface area contributed by atoms with Crippen molar-refractivity contribution in [1.29, 1.82) is 0 Å². The number of fused-ring (bicyclic) bond motifs is 1. The van der Waals surface area contributed by atoms with Crippen molar-refractivity contribution in [3.8, 4) is 0 Å². The first-order valence-corrected chi connectivity index (χ1v) is 5.88. The molecule has 0 saturated carbocycles. The van der Waals surface area contributed by atoms with Gasteiger partial charge in [0.25, 0.3) is 0 Å². The van der Waals surface area contributed by atoms with Crippen molar-refractivity contribution in [2.24, 2.45) is 0 Å². The molecule has 0 spiro atoms. The molecule has 1 aliphatic rings. The Labute approximate surface area is 102 Å². The molecule has 82 valence electrons. The zero-order valence-electron chi connectivity index (χ0n) is 9.69. The Kier molecular flexibility index (Phi) is 2.41. The predicted octanol–water partition coefficient (Wildman–Crippen LogP) is 4.34. The van der Waals surface area contributed by atoms with E-state index in [9.17, 15) is 0 Å². The van der Waals surface area contributed by atoms with Gasteiger partial charge >= 0.3 is 0 Å². The van der Waals surface area contributed by atoms with E-state index in [-0.39, 0.29) is 0 Å². The van der Waals surface area contributed by atoms with E-state index in [2.05, 4.69) is 61.2 Å². The maximum Gasteiger partial charge on any atom is -0.00137 e. The van der Waals surface area contributed by atoms with Crippen LogP contribution < -0.4 is 0 Å². The van der Waals surface area contributed by atoms with Crippen molar-refractivity contribution in [2.75, 3.05) is 0 Å². The lowest BCUT2D eigenvalue weighted by atomic mass is 9.98. The van der Waals surface area contributed by atoms with Gasteiger partial charge in [0.2, 0.25) is 0 Å². The van der Waals surface area contributed by atoms with Gasteiger partial charge in [0.05, 0.1) is 0 Å². The molecule has 2 aromatic rings. The summed E-state index contributed by atoms with van der Waals surface area (Å²) in [6.45, 7) is 4.22. The second-order valence-corrected chi connectivity index (χ2v) is 4.39. The summed E-state index contributed by atoms with van der Waals surface area (Å²) in [7, 11) is 0. The van der Waals surface area contributed by atoms with Crippen LogP contribution in [0.5, 0.6) is 0 Å². The van der Waals surface area contributed by atoms with Crippen molar-refractivity contribution in [2.45, 2.75) is 6.42 Å². The van der Waals surface area contributed by atoms with Crippen molar-refractivity contribution < 1.29 is 0 Å². The summed E-state index contributed by atoms with van der Waals surface area (Å²) >= 11 is 0. The van der Waals surface area contributed by atoms with E-state index >= 15 is 0 Å². The Hall–Kier alpha value is -2.08. The van der Waals surface area contributed by atoms with Gasteiger partial charge in [-0.15, -0.1) is 0 Å². The summed E-state index contributed by atoms with van der Waals surface area (Å²) < 4.78 is 0. The van der Waals surface area contributed by atoms with Crippen LogP contribution >= 0.6 is 0 Å². The van der Waals surface area contributed by atoms with Crippen LogP contribution in [0, 0.1) is 0 Å². The van der Waals surface area contributed by atoms with Gasteiger partial charge in [-0.05, 0) is 34.3 Å². The highest BCUT2D eigenvalue weighted by Crippen LogP contribution is 2.32. The molecule has 0 saturated heterocycles. The molecule has 0 radical (unpaired) electrons. The maximum atomic E-state index is 4.22. The van der Waals surface area contributed by atoms with Crippen LogP contribution in [-0.4, -0.2) is 0 Å². The van der Waals surface area contributed by atoms with E-state index in [0.29, 0.717) is 0 Å². The van der Waals surface area contributed by atoms with E-state index in [0.717, 1.165) is 12.0 Å². The Morgan fingerprint density at radius 3 is 2.35 bits per heavy atom. The minimum absolute atomic E-state index is 1.00. The Bertz CT molecular complexity index is 588. The fourth-order valence-electron chi connectivity index (χ4n) is 2.30. The van der Waals surface area contributed by atoms with Crippen LogP contribution in [0.3, 0.4) is 0 Å². The minimum Gasteiger partial charge on any atom is -0.0909 e. The smallest absolute Gasteiger partial charge is 0.00137 e. The van der Waals surface area contributed by atoms with Crippen LogP contribution in [0.1, 0.15) is 16.7 Å². The van der Waals surface area contributed by atoms with E-state index in [4.69, 9.17) is 0 Å². The zero-order valence-corrected chi connectivity index (χ0v) is 9.69. The van der Waals surface area contributed by atoms with Gasteiger partial charge in [-0.1, -0.05) is 67.3 Å². The van der Waals surface area contributed by atoms with Crippen molar-refractivity contribution >= 4 is 11.6 Å². The third-order valence-corrected chi connectivity index (χ3v) is 3.28. The van der Waals surface area contributed by atoms with Gasteiger partial charge < -0.3 is 0 Å². The highest BCUT2D eigenvalue weighted by atomic mass is 14.2. The first-order chi connectivity index (χ1) is 8.34. The molecule has 0 fully saturated rings. The molecule has 0 unspecified atom stereocenters. The Morgan fingerprint density at radius 2 is 1.59 bits per heavy atom.